The van der Waals surface area contributed by atoms with Gasteiger partial charge in [0.2, 0.25) is 5.91 Å². The monoisotopic (exact) mass is 349 g/mol. The van der Waals surface area contributed by atoms with Gasteiger partial charge in [-0.1, -0.05) is 0 Å². The fourth-order valence-electron chi connectivity index (χ4n) is 3.75. The molecular weight excluding hydrogens is 323 g/mol. The summed E-state index contributed by atoms with van der Waals surface area (Å²) in [4.78, 5) is 29.3. The van der Waals surface area contributed by atoms with E-state index in [-0.39, 0.29) is 11.7 Å². The molecule has 2 heterocycles. The number of piperidine rings is 1. The van der Waals surface area contributed by atoms with Gasteiger partial charge in [0.05, 0.1) is 26.2 Å². The number of likely N-dealkylation sites (tertiary alicyclic amines) is 1. The fourth-order valence-corrected chi connectivity index (χ4v) is 3.75. The van der Waals surface area contributed by atoms with E-state index in [4.69, 9.17) is 5.73 Å². The van der Waals surface area contributed by atoms with E-state index in [0.717, 1.165) is 44.7 Å². The normalized spacial score (nSPS) is 22.0. The summed E-state index contributed by atoms with van der Waals surface area (Å²) in [5.41, 5.74) is 6.46. The SMILES string of the molecule is NC(=O)[C@@H]1CCCCN1C(=O)C[NH+]1CCN(c2ccc(F)cc2)CC1. The molecule has 25 heavy (non-hydrogen) atoms. The molecule has 0 bridgehead atoms. The number of piperazine rings is 1. The molecule has 1 aromatic carbocycles. The summed E-state index contributed by atoms with van der Waals surface area (Å²) in [5, 5.41) is 0. The minimum absolute atomic E-state index is 0.0220. The van der Waals surface area contributed by atoms with Crippen LogP contribution >= 0.6 is 0 Å². The second-order valence-electron chi connectivity index (χ2n) is 6.89. The van der Waals surface area contributed by atoms with Gasteiger partial charge < -0.3 is 20.4 Å². The molecule has 3 N–H and O–H groups in total. The zero-order valence-electron chi connectivity index (χ0n) is 14.4. The molecule has 7 heteroatoms. The third kappa shape index (κ3) is 4.28. The average molecular weight is 349 g/mol. The van der Waals surface area contributed by atoms with E-state index in [0.29, 0.717) is 19.5 Å². The third-order valence-electron chi connectivity index (χ3n) is 5.22. The van der Waals surface area contributed by atoms with E-state index in [1.807, 2.05) is 0 Å². The Morgan fingerprint density at radius 3 is 2.44 bits per heavy atom. The maximum Gasteiger partial charge on any atom is 0.278 e. The Kier molecular flexibility index (Phi) is 5.53. The van der Waals surface area contributed by atoms with E-state index >= 15 is 0 Å². The van der Waals surface area contributed by atoms with Gasteiger partial charge in [-0.25, -0.2) is 4.39 Å². The first-order chi connectivity index (χ1) is 12.0. The molecule has 0 unspecified atom stereocenters. The minimum atomic E-state index is -0.443. The molecule has 3 rings (SSSR count). The van der Waals surface area contributed by atoms with Gasteiger partial charge in [-0.15, -0.1) is 0 Å². The number of quaternary nitrogens is 1. The van der Waals surface area contributed by atoms with Crippen LogP contribution in [0.15, 0.2) is 24.3 Å². The van der Waals surface area contributed by atoms with Crippen molar-refractivity contribution in [2.75, 3.05) is 44.2 Å². The Bertz CT molecular complexity index is 614. The van der Waals surface area contributed by atoms with Crippen LogP contribution < -0.4 is 15.5 Å². The molecular formula is C18H26FN4O2+. The first-order valence-corrected chi connectivity index (χ1v) is 8.97. The number of amides is 2. The lowest BCUT2D eigenvalue weighted by Crippen LogP contribution is -3.16. The summed E-state index contributed by atoms with van der Waals surface area (Å²) >= 11 is 0. The van der Waals surface area contributed by atoms with E-state index in [2.05, 4.69) is 4.90 Å². The number of anilines is 1. The summed E-state index contributed by atoms with van der Waals surface area (Å²) in [6, 6.07) is 6.07. The summed E-state index contributed by atoms with van der Waals surface area (Å²) in [6.45, 7) is 4.37. The quantitative estimate of drug-likeness (QED) is 0.762. The second-order valence-corrected chi connectivity index (χ2v) is 6.89. The molecule has 136 valence electrons. The van der Waals surface area contributed by atoms with E-state index in [1.165, 1.54) is 17.0 Å². The van der Waals surface area contributed by atoms with Gasteiger partial charge in [0, 0.05) is 12.2 Å². The number of benzene rings is 1. The highest BCUT2D eigenvalue weighted by Crippen LogP contribution is 2.17. The van der Waals surface area contributed by atoms with Crippen LogP contribution in [0.25, 0.3) is 0 Å². The van der Waals surface area contributed by atoms with Crippen molar-refractivity contribution in [1.29, 1.82) is 0 Å². The molecule has 2 aliphatic rings. The summed E-state index contributed by atoms with van der Waals surface area (Å²) in [5.74, 6) is -0.609. The van der Waals surface area contributed by atoms with Crippen LogP contribution in [-0.2, 0) is 9.59 Å². The van der Waals surface area contributed by atoms with Gasteiger partial charge in [-0.05, 0) is 43.5 Å². The lowest BCUT2D eigenvalue weighted by Gasteiger charge is -2.37. The van der Waals surface area contributed by atoms with Crippen LogP contribution in [0, 0.1) is 5.82 Å². The number of nitrogens with two attached hydrogens (primary N) is 1. The molecule has 2 amide bonds. The predicted molar refractivity (Wildman–Crippen MR) is 92.7 cm³/mol. The van der Waals surface area contributed by atoms with Crippen molar-refractivity contribution in [2.45, 2.75) is 25.3 Å². The van der Waals surface area contributed by atoms with Crippen molar-refractivity contribution in [2.24, 2.45) is 5.73 Å². The van der Waals surface area contributed by atoms with Crippen molar-refractivity contribution in [1.82, 2.24) is 4.90 Å². The Morgan fingerprint density at radius 2 is 1.80 bits per heavy atom. The molecule has 6 nitrogen and oxygen atoms in total. The number of carbonyl (C=O) groups excluding carboxylic acids is 2. The first kappa shape index (κ1) is 17.7. The fraction of sp³-hybridized carbons (Fsp3) is 0.556. The van der Waals surface area contributed by atoms with E-state index in [9.17, 15) is 14.0 Å². The number of hydrogen-bond donors (Lipinski definition) is 2. The Labute approximate surface area is 147 Å². The highest BCUT2D eigenvalue weighted by Gasteiger charge is 2.33. The van der Waals surface area contributed by atoms with Crippen LogP contribution in [0.4, 0.5) is 10.1 Å². The summed E-state index contributed by atoms with van der Waals surface area (Å²) in [6.07, 6.45) is 2.55. The standard InChI is InChI=1S/C18H25FN4O2/c19-14-4-6-15(7-5-14)22-11-9-21(10-12-22)13-17(24)23-8-2-1-3-16(23)18(20)25/h4-7,16H,1-3,8-13H2,(H2,20,25)/p+1/t16-/m0/s1. The molecule has 0 spiro atoms. The maximum atomic E-state index is 13.0. The number of halogens is 1. The highest BCUT2D eigenvalue weighted by atomic mass is 19.1. The summed E-state index contributed by atoms with van der Waals surface area (Å²) < 4.78 is 13.0. The van der Waals surface area contributed by atoms with Crippen molar-refractivity contribution < 1.29 is 18.9 Å². The van der Waals surface area contributed by atoms with Crippen LogP contribution in [0.2, 0.25) is 0 Å². The molecule has 1 aromatic rings. The molecule has 0 radical (unpaired) electrons. The zero-order chi connectivity index (χ0) is 17.8. The van der Waals surface area contributed by atoms with Gasteiger partial charge >= 0.3 is 0 Å². The number of hydrogen-bond acceptors (Lipinski definition) is 3. The smallest absolute Gasteiger partial charge is 0.278 e. The molecule has 2 aliphatic heterocycles. The largest absolute Gasteiger partial charge is 0.368 e. The second kappa shape index (κ2) is 7.82. The molecule has 2 saturated heterocycles. The van der Waals surface area contributed by atoms with E-state index < -0.39 is 11.9 Å². The van der Waals surface area contributed by atoms with Crippen LogP contribution in [-0.4, -0.2) is 62.0 Å². The number of rotatable bonds is 4. The van der Waals surface area contributed by atoms with Gasteiger partial charge in [0.25, 0.3) is 5.91 Å². The lowest BCUT2D eigenvalue weighted by molar-refractivity contribution is -0.892. The minimum Gasteiger partial charge on any atom is -0.368 e. The van der Waals surface area contributed by atoms with Crippen LogP contribution in [0.1, 0.15) is 19.3 Å². The third-order valence-corrected chi connectivity index (χ3v) is 5.22. The van der Waals surface area contributed by atoms with Crippen LogP contribution in [0.5, 0.6) is 0 Å². The van der Waals surface area contributed by atoms with Crippen molar-refractivity contribution in [3.05, 3.63) is 30.1 Å². The van der Waals surface area contributed by atoms with E-state index in [1.54, 1.807) is 17.0 Å². The molecule has 1 atom stereocenters. The Hall–Kier alpha value is -2.15. The number of primary amides is 1. The maximum absolute atomic E-state index is 13.0. The highest BCUT2D eigenvalue weighted by molar-refractivity contribution is 5.87. The number of carbonyl (C=O) groups is 2. The van der Waals surface area contributed by atoms with Gasteiger partial charge in [-0.2, -0.15) is 0 Å². The van der Waals surface area contributed by atoms with Gasteiger partial charge in [0.1, 0.15) is 11.9 Å². The first-order valence-electron chi connectivity index (χ1n) is 8.97. The predicted octanol–water partition coefficient (Wildman–Crippen LogP) is -0.603. The Balaban J connectivity index is 1.52. The van der Waals surface area contributed by atoms with Crippen molar-refractivity contribution in [3.63, 3.8) is 0 Å². The molecule has 0 aliphatic carbocycles. The molecule has 0 saturated carbocycles. The topological polar surface area (TPSA) is 71.1 Å². The van der Waals surface area contributed by atoms with Crippen LogP contribution in [0.3, 0.4) is 0 Å². The average Bonchev–Trinajstić information content (AvgIpc) is 2.63. The van der Waals surface area contributed by atoms with Crippen molar-refractivity contribution in [3.8, 4) is 0 Å². The zero-order valence-corrected chi connectivity index (χ0v) is 14.4. The molecule has 0 aromatic heterocycles. The number of nitrogens with zero attached hydrogens (tertiary/aromatic N) is 2. The summed E-state index contributed by atoms with van der Waals surface area (Å²) in [7, 11) is 0. The van der Waals surface area contributed by atoms with Gasteiger partial charge in [0.15, 0.2) is 6.54 Å². The van der Waals surface area contributed by atoms with Crippen molar-refractivity contribution >= 4 is 17.5 Å². The lowest BCUT2D eigenvalue weighted by atomic mass is 10.0. The molecule has 2 fully saturated rings. The van der Waals surface area contributed by atoms with Gasteiger partial charge in [-0.3, -0.25) is 9.59 Å². The number of nitrogens with one attached hydrogen (secondary N) is 1. The Morgan fingerprint density at radius 1 is 1.12 bits per heavy atom.